The quantitative estimate of drug-likeness (QED) is 0.537. The molecule has 5 nitrogen and oxygen atoms in total. The van der Waals surface area contributed by atoms with Crippen molar-refractivity contribution >= 4 is 0 Å². The Bertz CT molecular complexity index is 466. The molecule has 1 saturated carbocycles. The van der Waals surface area contributed by atoms with Gasteiger partial charge in [0.25, 0.3) is 0 Å². The van der Waals surface area contributed by atoms with E-state index in [9.17, 15) is 14.6 Å². The van der Waals surface area contributed by atoms with Gasteiger partial charge in [0.2, 0.25) is 0 Å². The Hall–Kier alpha value is -0.270. The average Bonchev–Trinajstić information content (AvgIpc) is 3.15. The second kappa shape index (κ2) is 8.39. The molecule has 6 heteroatoms. The van der Waals surface area contributed by atoms with Crippen molar-refractivity contribution in [3.8, 4) is 0 Å². The number of rotatable bonds is 6. The van der Waals surface area contributed by atoms with Crippen LogP contribution in [0.1, 0.15) is 59.3 Å². The lowest BCUT2D eigenvalue weighted by atomic mass is 9.69. The van der Waals surface area contributed by atoms with E-state index in [1.54, 1.807) is 0 Å². The third-order valence-electron chi connectivity index (χ3n) is 7.22. The molecule has 2 heterocycles. The summed E-state index contributed by atoms with van der Waals surface area (Å²) in [7, 11) is 0. The van der Waals surface area contributed by atoms with Gasteiger partial charge in [0.05, 0.1) is 0 Å². The molecule has 4 N–H and O–H groups in total. The van der Waals surface area contributed by atoms with Gasteiger partial charge in [-0.3, -0.25) is 10.2 Å². The van der Waals surface area contributed by atoms with Gasteiger partial charge in [-0.15, -0.1) is 0 Å². The van der Waals surface area contributed by atoms with Gasteiger partial charge in [-0.25, -0.2) is 4.39 Å². The molecule has 7 atom stereocenters. The van der Waals surface area contributed by atoms with Gasteiger partial charge >= 0.3 is 0 Å². The van der Waals surface area contributed by atoms with E-state index in [0.717, 1.165) is 51.7 Å². The smallest absolute Gasteiger partial charge is 0.181 e. The van der Waals surface area contributed by atoms with Crippen LogP contribution in [-0.4, -0.2) is 65.5 Å². The highest BCUT2D eigenvalue weighted by molar-refractivity contribution is 5.03. The van der Waals surface area contributed by atoms with Crippen LogP contribution in [0, 0.1) is 17.3 Å². The minimum absolute atomic E-state index is 0.0820. The third kappa shape index (κ3) is 4.09. The molecule has 3 fully saturated rings. The Morgan fingerprint density at radius 3 is 2.69 bits per heavy atom. The van der Waals surface area contributed by atoms with Crippen molar-refractivity contribution in [1.82, 2.24) is 15.5 Å². The van der Waals surface area contributed by atoms with E-state index >= 15 is 0 Å². The van der Waals surface area contributed by atoms with Gasteiger partial charge in [0, 0.05) is 25.2 Å². The molecule has 0 radical (unpaired) electrons. The van der Waals surface area contributed by atoms with Gasteiger partial charge in [0.1, 0.15) is 12.3 Å². The number of aliphatic hydroxyl groups excluding tert-OH is 1. The summed E-state index contributed by atoms with van der Waals surface area (Å²) in [5, 5.41) is 26.7. The zero-order valence-electron chi connectivity index (χ0n) is 16.6. The summed E-state index contributed by atoms with van der Waals surface area (Å²) in [5.41, 5.74) is 0.0820. The number of nitrogens with one attached hydrogen (secondary N) is 2. The fourth-order valence-electron chi connectivity index (χ4n) is 5.77. The largest absolute Gasteiger partial charge is 0.366 e. The predicted octanol–water partition coefficient (Wildman–Crippen LogP) is 1.84. The van der Waals surface area contributed by atoms with Crippen LogP contribution in [0.3, 0.4) is 0 Å². The first-order valence-corrected chi connectivity index (χ1v) is 10.6. The molecule has 7 unspecified atom stereocenters. The lowest BCUT2D eigenvalue weighted by Crippen LogP contribution is -2.54. The first-order valence-electron chi connectivity index (χ1n) is 10.6. The minimum atomic E-state index is -1.37. The van der Waals surface area contributed by atoms with Gasteiger partial charge < -0.3 is 15.5 Å². The summed E-state index contributed by atoms with van der Waals surface area (Å²) >= 11 is 0. The molecule has 26 heavy (non-hydrogen) atoms. The maximum absolute atomic E-state index is 13.9. The van der Waals surface area contributed by atoms with Crippen LogP contribution in [0.25, 0.3) is 0 Å². The highest BCUT2D eigenvalue weighted by Crippen LogP contribution is 2.43. The number of halogens is 1. The van der Waals surface area contributed by atoms with Crippen molar-refractivity contribution in [2.75, 3.05) is 19.6 Å². The van der Waals surface area contributed by atoms with Crippen LogP contribution in [0.15, 0.2) is 0 Å². The first kappa shape index (κ1) is 20.5. The Morgan fingerprint density at radius 2 is 2.04 bits per heavy atom. The standard InChI is InChI=1S/C20H38FN3O2/c1-4-5-15-11-23-18(19(25)26)24(15)12-20(3)8-9-22-17(20)14-6-7-16(21)13(2)10-14/h13-19,22-23,25-26H,4-12H2,1-3H3. The average molecular weight is 372 g/mol. The summed E-state index contributed by atoms with van der Waals surface area (Å²) in [4.78, 5) is 2.29. The van der Waals surface area contributed by atoms with E-state index in [4.69, 9.17) is 0 Å². The zero-order chi connectivity index (χ0) is 18.9. The lowest BCUT2D eigenvalue weighted by Gasteiger charge is -2.44. The molecular weight excluding hydrogens is 333 g/mol. The highest BCUT2D eigenvalue weighted by Gasteiger charge is 2.48. The Kier molecular flexibility index (Phi) is 6.61. The summed E-state index contributed by atoms with van der Waals surface area (Å²) in [6.45, 7) is 9.23. The molecule has 0 amide bonds. The first-order chi connectivity index (χ1) is 12.4. The third-order valence-corrected chi connectivity index (χ3v) is 7.22. The molecule has 2 aliphatic heterocycles. The Morgan fingerprint density at radius 1 is 1.27 bits per heavy atom. The predicted molar refractivity (Wildman–Crippen MR) is 101 cm³/mol. The van der Waals surface area contributed by atoms with Crippen molar-refractivity contribution in [2.24, 2.45) is 17.3 Å². The molecule has 3 aliphatic rings. The van der Waals surface area contributed by atoms with Crippen molar-refractivity contribution in [3.05, 3.63) is 0 Å². The number of aliphatic hydroxyl groups is 2. The molecule has 0 bridgehead atoms. The SMILES string of the molecule is CCCC1CNC(C(O)O)N1CC1(C)CCNC1C1CCC(F)C(C)C1. The van der Waals surface area contributed by atoms with Crippen LogP contribution < -0.4 is 10.6 Å². The second-order valence-corrected chi connectivity index (χ2v) is 9.28. The molecular formula is C20H38FN3O2. The molecule has 0 spiro atoms. The number of hydrogen-bond donors (Lipinski definition) is 4. The van der Waals surface area contributed by atoms with Gasteiger partial charge in [0.15, 0.2) is 6.29 Å². The minimum Gasteiger partial charge on any atom is -0.366 e. The van der Waals surface area contributed by atoms with Gasteiger partial charge in [-0.2, -0.15) is 0 Å². The monoisotopic (exact) mass is 371 g/mol. The lowest BCUT2D eigenvalue weighted by molar-refractivity contribution is -0.108. The van der Waals surface area contributed by atoms with Crippen LogP contribution in [-0.2, 0) is 0 Å². The Labute approximate surface area is 157 Å². The van der Waals surface area contributed by atoms with Gasteiger partial charge in [-0.05, 0) is 55.9 Å². The number of alkyl halides is 1. The molecule has 0 aromatic carbocycles. The van der Waals surface area contributed by atoms with Crippen LogP contribution >= 0.6 is 0 Å². The summed E-state index contributed by atoms with van der Waals surface area (Å²) in [6.07, 6.45) is 3.44. The van der Waals surface area contributed by atoms with Crippen LogP contribution in [0.5, 0.6) is 0 Å². The highest BCUT2D eigenvalue weighted by atomic mass is 19.1. The van der Waals surface area contributed by atoms with E-state index in [2.05, 4.69) is 29.4 Å². The van der Waals surface area contributed by atoms with E-state index in [1.807, 2.05) is 6.92 Å². The van der Waals surface area contributed by atoms with E-state index in [-0.39, 0.29) is 17.5 Å². The van der Waals surface area contributed by atoms with Crippen molar-refractivity contribution in [2.45, 2.75) is 90.0 Å². The van der Waals surface area contributed by atoms with Gasteiger partial charge in [-0.1, -0.05) is 27.2 Å². The molecule has 1 aliphatic carbocycles. The summed E-state index contributed by atoms with van der Waals surface area (Å²) < 4.78 is 13.9. The maximum Gasteiger partial charge on any atom is 0.181 e. The molecule has 152 valence electrons. The van der Waals surface area contributed by atoms with E-state index in [0.29, 0.717) is 24.4 Å². The maximum atomic E-state index is 13.9. The zero-order valence-corrected chi connectivity index (χ0v) is 16.6. The fraction of sp³-hybridized carbons (Fsp3) is 1.00. The molecule has 0 aromatic rings. The number of hydrogen-bond acceptors (Lipinski definition) is 5. The van der Waals surface area contributed by atoms with E-state index in [1.165, 1.54) is 0 Å². The summed E-state index contributed by atoms with van der Waals surface area (Å²) in [6, 6.07) is 0.738. The topological polar surface area (TPSA) is 67.8 Å². The van der Waals surface area contributed by atoms with Crippen molar-refractivity contribution < 1.29 is 14.6 Å². The Balaban J connectivity index is 1.73. The van der Waals surface area contributed by atoms with Crippen molar-refractivity contribution in [1.29, 1.82) is 0 Å². The molecule has 2 saturated heterocycles. The second-order valence-electron chi connectivity index (χ2n) is 9.28. The van der Waals surface area contributed by atoms with Crippen molar-refractivity contribution in [3.63, 3.8) is 0 Å². The normalized spacial score (nSPS) is 44.9. The van der Waals surface area contributed by atoms with Crippen LogP contribution in [0.4, 0.5) is 4.39 Å². The van der Waals surface area contributed by atoms with E-state index < -0.39 is 12.5 Å². The molecule has 0 aromatic heterocycles. The van der Waals surface area contributed by atoms with Crippen LogP contribution in [0.2, 0.25) is 0 Å². The molecule has 3 rings (SSSR count). The summed E-state index contributed by atoms with van der Waals surface area (Å²) in [5.74, 6) is 0.663. The number of nitrogens with zero attached hydrogens (tertiary/aromatic N) is 1. The fourth-order valence-corrected chi connectivity index (χ4v) is 5.77.